The van der Waals surface area contributed by atoms with Crippen LogP contribution in [0.5, 0.6) is 0 Å². The van der Waals surface area contributed by atoms with Crippen molar-refractivity contribution in [3.05, 3.63) is 40.4 Å². The number of rotatable bonds is 4. The van der Waals surface area contributed by atoms with Crippen LogP contribution in [0, 0.1) is 26.2 Å². The molecule has 2 aliphatic rings. The summed E-state index contributed by atoms with van der Waals surface area (Å²) in [6.07, 6.45) is 10.5. The normalized spacial score (nSPS) is 18.5. The zero-order valence-electron chi connectivity index (χ0n) is 14.8. The number of unbranched alkanes of at least 4 members (excludes halogenated alkanes) is 2. The number of fused-ring (bicyclic) bond motifs is 2. The standard InChI is InChI=1S/C19H23BF2N2/c1-6-7-8-9-10-17-18-13(2)11-15(4)23(18)20(21,22)24-16(5)12-14(3)19(17)24/h1,11-12H,7-10H2,2-5H3. The van der Waals surface area contributed by atoms with Crippen LogP contribution in [-0.4, -0.2) is 21.6 Å². The second-order valence-electron chi connectivity index (χ2n) is 6.85. The summed E-state index contributed by atoms with van der Waals surface area (Å²) in [4.78, 5) is 0. The van der Waals surface area contributed by atoms with Crippen molar-refractivity contribution in [2.75, 3.05) is 0 Å². The van der Waals surface area contributed by atoms with E-state index in [1.807, 2.05) is 26.0 Å². The molecule has 0 saturated carbocycles. The highest BCUT2D eigenvalue weighted by Gasteiger charge is 2.54. The van der Waals surface area contributed by atoms with Gasteiger partial charge < -0.3 is 17.6 Å². The van der Waals surface area contributed by atoms with Crippen molar-refractivity contribution < 1.29 is 13.1 Å². The molecule has 0 unspecified atom stereocenters. The maximum atomic E-state index is 15.3. The fourth-order valence-electron chi connectivity index (χ4n) is 4.20. The van der Waals surface area contributed by atoms with Crippen LogP contribution in [0.1, 0.15) is 56.5 Å². The third-order valence-electron chi connectivity index (χ3n) is 5.03. The lowest BCUT2D eigenvalue weighted by Gasteiger charge is -2.34. The number of halogens is 2. The highest BCUT2D eigenvalue weighted by molar-refractivity contribution is 6.58. The predicted octanol–water partition coefficient (Wildman–Crippen LogP) is 4.68. The van der Waals surface area contributed by atoms with Gasteiger partial charge in [0.2, 0.25) is 0 Å². The minimum atomic E-state index is -3.85. The number of aryl methyl sites for hydroxylation is 2. The van der Waals surface area contributed by atoms with Gasteiger partial charge in [0.25, 0.3) is 0 Å². The molecule has 2 aliphatic heterocycles. The Hall–Kier alpha value is -2.09. The van der Waals surface area contributed by atoms with Gasteiger partial charge in [-0.3, -0.25) is 0 Å². The Balaban J connectivity index is 2.20. The predicted molar refractivity (Wildman–Crippen MR) is 96.2 cm³/mol. The van der Waals surface area contributed by atoms with Gasteiger partial charge in [-0.25, -0.2) is 0 Å². The zero-order valence-corrected chi connectivity index (χ0v) is 14.8. The van der Waals surface area contributed by atoms with Gasteiger partial charge in [-0.1, -0.05) is 0 Å². The number of nitrogens with zero attached hydrogens (tertiary/aromatic N) is 2. The summed E-state index contributed by atoms with van der Waals surface area (Å²) in [7, 11) is 0. The summed E-state index contributed by atoms with van der Waals surface area (Å²) in [5.74, 6) is 2.65. The summed E-state index contributed by atoms with van der Waals surface area (Å²) in [6, 6.07) is 1.86. The second kappa shape index (κ2) is 5.77. The maximum absolute atomic E-state index is 15.3. The van der Waals surface area contributed by atoms with Gasteiger partial charge in [-0.15, -0.1) is 12.3 Å². The monoisotopic (exact) mass is 328 g/mol. The van der Waals surface area contributed by atoms with Gasteiger partial charge in [0.15, 0.2) is 5.70 Å². The summed E-state index contributed by atoms with van der Waals surface area (Å²) in [5, 5.41) is 0. The van der Waals surface area contributed by atoms with Crippen LogP contribution in [-0.2, 0) is 0 Å². The lowest BCUT2D eigenvalue weighted by molar-refractivity contribution is -0.363. The largest absolute Gasteiger partial charge is 0.737 e. The van der Waals surface area contributed by atoms with E-state index in [0.717, 1.165) is 42.4 Å². The Morgan fingerprint density at radius 3 is 2.58 bits per heavy atom. The topological polar surface area (TPSA) is 7.94 Å². The van der Waals surface area contributed by atoms with Crippen molar-refractivity contribution in [3.63, 3.8) is 0 Å². The van der Waals surface area contributed by atoms with E-state index in [1.165, 1.54) is 8.96 Å². The van der Waals surface area contributed by atoms with Crippen LogP contribution in [0.25, 0.3) is 5.57 Å². The van der Waals surface area contributed by atoms with Gasteiger partial charge >= 0.3 is 6.97 Å². The zero-order chi connectivity index (χ0) is 17.6. The molecule has 0 fully saturated rings. The average molecular weight is 328 g/mol. The smallest absolute Gasteiger partial charge is 0.394 e. The summed E-state index contributed by atoms with van der Waals surface area (Å²) >= 11 is 0. The van der Waals surface area contributed by atoms with Gasteiger partial charge in [0, 0.05) is 36.3 Å². The molecule has 0 N–H and O–H groups in total. The molecule has 0 aromatic carbocycles. The molecular formula is C19H23BF2N2. The van der Waals surface area contributed by atoms with E-state index >= 15 is 8.63 Å². The molecule has 1 aromatic heterocycles. The first kappa shape index (κ1) is 16.8. The van der Waals surface area contributed by atoms with E-state index in [2.05, 4.69) is 5.92 Å². The number of hydrogen-bond donors (Lipinski definition) is 0. The fraction of sp³-hybridized carbons (Fsp3) is 0.421. The Labute approximate surface area is 142 Å². The van der Waals surface area contributed by atoms with Crippen LogP contribution in [0.4, 0.5) is 8.63 Å². The quantitative estimate of drug-likeness (QED) is 0.431. The van der Waals surface area contributed by atoms with E-state index < -0.39 is 6.97 Å². The minimum absolute atomic E-state index is 0.616. The lowest BCUT2D eigenvalue weighted by Crippen LogP contribution is -2.51. The molecule has 2 nitrogen and oxygen atoms in total. The molecule has 0 aliphatic carbocycles. The van der Waals surface area contributed by atoms with E-state index in [9.17, 15) is 0 Å². The Morgan fingerprint density at radius 2 is 1.92 bits per heavy atom. The van der Waals surface area contributed by atoms with Crippen molar-refractivity contribution in [1.29, 1.82) is 0 Å². The van der Waals surface area contributed by atoms with Crippen LogP contribution in [0.3, 0.4) is 0 Å². The molecule has 24 heavy (non-hydrogen) atoms. The summed E-state index contributed by atoms with van der Waals surface area (Å²) < 4.78 is 33.1. The first-order chi connectivity index (χ1) is 11.3. The number of aromatic nitrogens is 1. The number of hydrogen-bond acceptors (Lipinski definition) is 0. The SMILES string of the molecule is C#CCCCCC1=C2C(C)=CC(C)=[N+]2[B-](F)(F)n2c(C)cc(C)c21. The van der Waals surface area contributed by atoms with Gasteiger partial charge in [0.05, 0.1) is 0 Å². The first-order valence-electron chi connectivity index (χ1n) is 8.50. The van der Waals surface area contributed by atoms with Crippen LogP contribution in [0.2, 0.25) is 0 Å². The molecular weight excluding hydrogens is 305 g/mol. The van der Waals surface area contributed by atoms with E-state index in [4.69, 9.17) is 6.42 Å². The molecule has 3 rings (SSSR count). The summed E-state index contributed by atoms with van der Waals surface area (Å²) in [5.41, 5.74) is 5.50. The molecule has 0 radical (unpaired) electrons. The van der Waals surface area contributed by atoms with E-state index in [-0.39, 0.29) is 0 Å². The Morgan fingerprint density at radius 1 is 1.21 bits per heavy atom. The van der Waals surface area contributed by atoms with E-state index in [0.29, 0.717) is 22.8 Å². The Kier molecular flexibility index (Phi) is 4.03. The van der Waals surface area contributed by atoms with Crippen molar-refractivity contribution in [1.82, 2.24) is 4.48 Å². The van der Waals surface area contributed by atoms with Crippen LogP contribution >= 0.6 is 0 Å². The third-order valence-corrected chi connectivity index (χ3v) is 5.03. The van der Waals surface area contributed by atoms with Gasteiger partial charge in [-0.2, -0.15) is 0 Å². The van der Waals surface area contributed by atoms with Gasteiger partial charge in [-0.05, 0) is 57.4 Å². The number of terminal acetylenes is 1. The first-order valence-corrected chi connectivity index (χ1v) is 8.50. The van der Waals surface area contributed by atoms with Crippen molar-refractivity contribution >= 4 is 18.3 Å². The fourth-order valence-corrected chi connectivity index (χ4v) is 4.20. The Bertz CT molecular complexity index is 847. The third kappa shape index (κ3) is 2.28. The molecule has 1 aromatic rings. The number of allylic oxidation sites excluding steroid dienone is 3. The van der Waals surface area contributed by atoms with E-state index in [1.54, 1.807) is 13.8 Å². The molecule has 0 bridgehead atoms. The maximum Gasteiger partial charge on any atom is 0.737 e. The lowest BCUT2D eigenvalue weighted by atomic mass is 9.84. The molecule has 0 atom stereocenters. The summed E-state index contributed by atoms with van der Waals surface area (Å²) in [6.45, 7) is 3.52. The highest BCUT2D eigenvalue weighted by atomic mass is 19.2. The van der Waals surface area contributed by atoms with Crippen molar-refractivity contribution in [2.45, 2.75) is 53.4 Å². The second-order valence-corrected chi connectivity index (χ2v) is 6.85. The van der Waals surface area contributed by atoms with Crippen molar-refractivity contribution in [3.8, 4) is 12.3 Å². The molecule has 5 heteroatoms. The van der Waals surface area contributed by atoms with Crippen molar-refractivity contribution in [2.24, 2.45) is 0 Å². The van der Waals surface area contributed by atoms with Crippen LogP contribution in [0.15, 0.2) is 23.4 Å². The average Bonchev–Trinajstić information content (AvgIpc) is 2.96. The van der Waals surface area contributed by atoms with Crippen LogP contribution < -0.4 is 0 Å². The molecule has 0 amide bonds. The molecule has 126 valence electrons. The highest BCUT2D eigenvalue weighted by Crippen LogP contribution is 2.43. The van der Waals surface area contributed by atoms with Gasteiger partial charge in [0.1, 0.15) is 5.71 Å². The molecule has 3 heterocycles. The molecule has 0 spiro atoms. The molecule has 0 saturated heterocycles. The minimum Gasteiger partial charge on any atom is -0.394 e.